The molecule has 1 aliphatic rings. The second kappa shape index (κ2) is 7.64. The first-order valence-electron chi connectivity index (χ1n) is 7.51. The fraction of sp³-hybridized carbons (Fsp3) is 0.600. The molecule has 1 heterocycles. The summed E-state index contributed by atoms with van der Waals surface area (Å²) in [5, 5.41) is 0.287. The van der Waals surface area contributed by atoms with E-state index in [1.54, 1.807) is 6.07 Å². The van der Waals surface area contributed by atoms with Gasteiger partial charge in [0.05, 0.1) is 17.0 Å². The average Bonchev–Trinajstić information content (AvgIpc) is 2.53. The van der Waals surface area contributed by atoms with Gasteiger partial charge in [0, 0.05) is 12.6 Å². The van der Waals surface area contributed by atoms with Gasteiger partial charge in [-0.05, 0) is 51.1 Å². The molecule has 0 aliphatic carbocycles. The number of methoxy groups -OCH3 is 1. The quantitative estimate of drug-likeness (QED) is 0.859. The SMILES string of the molecule is COc1ccc(S(=O)(=O)NCC(C)N2CCCCC2)cc1Cl. The van der Waals surface area contributed by atoms with Gasteiger partial charge < -0.3 is 4.74 Å². The Hall–Kier alpha value is -0.820. The Bertz CT molecular complexity index is 601. The van der Waals surface area contributed by atoms with Crippen LogP contribution < -0.4 is 9.46 Å². The predicted molar refractivity (Wildman–Crippen MR) is 88.1 cm³/mol. The zero-order valence-electron chi connectivity index (χ0n) is 13.0. The number of sulfonamides is 1. The Balaban J connectivity index is 1.99. The van der Waals surface area contributed by atoms with Crippen molar-refractivity contribution in [3.63, 3.8) is 0 Å². The van der Waals surface area contributed by atoms with Crippen LogP contribution in [-0.4, -0.2) is 46.1 Å². The smallest absolute Gasteiger partial charge is 0.240 e. The third-order valence-electron chi connectivity index (χ3n) is 4.02. The summed E-state index contributed by atoms with van der Waals surface area (Å²) in [6, 6.07) is 4.65. The van der Waals surface area contributed by atoms with Crippen LogP contribution in [0.1, 0.15) is 26.2 Å². The summed E-state index contributed by atoms with van der Waals surface area (Å²) in [6.07, 6.45) is 3.63. The minimum atomic E-state index is -3.56. The summed E-state index contributed by atoms with van der Waals surface area (Å²) in [4.78, 5) is 2.48. The van der Waals surface area contributed by atoms with Crippen LogP contribution >= 0.6 is 11.6 Å². The van der Waals surface area contributed by atoms with Gasteiger partial charge >= 0.3 is 0 Å². The van der Waals surface area contributed by atoms with Gasteiger partial charge in [0.15, 0.2) is 0 Å². The number of hydrogen-bond acceptors (Lipinski definition) is 4. The highest BCUT2D eigenvalue weighted by molar-refractivity contribution is 7.89. The van der Waals surface area contributed by atoms with Crippen LogP contribution in [0.2, 0.25) is 5.02 Å². The number of nitrogens with zero attached hydrogens (tertiary/aromatic N) is 1. The van der Waals surface area contributed by atoms with E-state index in [0.29, 0.717) is 12.3 Å². The molecule has 0 spiro atoms. The maximum absolute atomic E-state index is 12.3. The van der Waals surface area contributed by atoms with E-state index >= 15 is 0 Å². The lowest BCUT2D eigenvalue weighted by atomic mass is 10.1. The molecule has 1 aromatic rings. The molecule has 22 heavy (non-hydrogen) atoms. The Morgan fingerprint density at radius 3 is 2.59 bits per heavy atom. The summed E-state index contributed by atoms with van der Waals surface area (Å²) in [6.45, 7) is 4.52. The van der Waals surface area contributed by atoms with Crippen molar-refractivity contribution in [3.8, 4) is 5.75 Å². The van der Waals surface area contributed by atoms with E-state index in [9.17, 15) is 8.42 Å². The highest BCUT2D eigenvalue weighted by atomic mass is 35.5. The van der Waals surface area contributed by atoms with Gasteiger partial charge in [-0.15, -0.1) is 0 Å². The molecule has 124 valence electrons. The molecule has 1 atom stereocenters. The van der Waals surface area contributed by atoms with Crippen molar-refractivity contribution in [1.82, 2.24) is 9.62 Å². The zero-order chi connectivity index (χ0) is 16.2. The van der Waals surface area contributed by atoms with E-state index in [-0.39, 0.29) is 16.0 Å². The van der Waals surface area contributed by atoms with Crippen LogP contribution in [0.15, 0.2) is 23.1 Å². The molecule has 1 fully saturated rings. The number of rotatable bonds is 6. The highest BCUT2D eigenvalue weighted by Gasteiger charge is 2.20. The number of benzene rings is 1. The van der Waals surface area contributed by atoms with Crippen molar-refractivity contribution < 1.29 is 13.2 Å². The molecule has 0 bridgehead atoms. The summed E-state index contributed by atoms with van der Waals surface area (Å²) in [5.41, 5.74) is 0. The molecule has 2 rings (SSSR count). The molecular formula is C15H23ClN2O3S. The zero-order valence-corrected chi connectivity index (χ0v) is 14.6. The van der Waals surface area contributed by atoms with Crippen LogP contribution in [0.3, 0.4) is 0 Å². The highest BCUT2D eigenvalue weighted by Crippen LogP contribution is 2.26. The molecular weight excluding hydrogens is 324 g/mol. The average molecular weight is 347 g/mol. The first-order valence-corrected chi connectivity index (χ1v) is 9.37. The standard InChI is InChI=1S/C15H23ClN2O3S/c1-12(18-8-4-3-5-9-18)11-17-22(19,20)13-6-7-15(21-2)14(16)10-13/h6-7,10,12,17H,3-5,8-9,11H2,1-2H3. The molecule has 1 unspecified atom stereocenters. The molecule has 5 nitrogen and oxygen atoms in total. The third-order valence-corrected chi connectivity index (χ3v) is 5.73. The summed E-state index contributed by atoms with van der Waals surface area (Å²) in [7, 11) is -2.06. The number of halogens is 1. The normalized spacial score (nSPS) is 18.1. The fourth-order valence-electron chi connectivity index (χ4n) is 2.62. The summed E-state index contributed by atoms with van der Waals surface area (Å²) < 4.78 is 32.4. The molecule has 1 saturated heterocycles. The first kappa shape index (κ1) is 17.5. The fourth-order valence-corrected chi connectivity index (χ4v) is 4.09. The van der Waals surface area contributed by atoms with Gasteiger partial charge in [-0.3, -0.25) is 4.90 Å². The number of nitrogens with one attached hydrogen (secondary N) is 1. The van der Waals surface area contributed by atoms with Gasteiger partial charge in [-0.1, -0.05) is 18.0 Å². The van der Waals surface area contributed by atoms with Gasteiger partial charge in [-0.2, -0.15) is 0 Å². The molecule has 0 radical (unpaired) electrons. The van der Waals surface area contributed by atoms with Crippen LogP contribution in [0, 0.1) is 0 Å². The van der Waals surface area contributed by atoms with Gasteiger partial charge in [0.2, 0.25) is 10.0 Å². The number of piperidine rings is 1. The van der Waals surface area contributed by atoms with Crippen molar-refractivity contribution in [2.75, 3.05) is 26.7 Å². The molecule has 0 amide bonds. The maximum atomic E-state index is 12.3. The van der Waals surface area contributed by atoms with Gasteiger partial charge in [0.1, 0.15) is 5.75 Å². The van der Waals surface area contributed by atoms with Gasteiger partial charge in [0.25, 0.3) is 0 Å². The van der Waals surface area contributed by atoms with Crippen molar-refractivity contribution in [2.24, 2.45) is 0 Å². The van der Waals surface area contributed by atoms with Crippen molar-refractivity contribution >= 4 is 21.6 Å². The second-order valence-electron chi connectivity index (χ2n) is 5.59. The summed E-state index contributed by atoms with van der Waals surface area (Å²) >= 11 is 5.99. The lowest BCUT2D eigenvalue weighted by Crippen LogP contribution is -2.44. The Morgan fingerprint density at radius 1 is 1.32 bits per heavy atom. The molecule has 0 aromatic heterocycles. The van der Waals surface area contributed by atoms with E-state index in [1.807, 2.05) is 0 Å². The van der Waals surface area contributed by atoms with E-state index in [0.717, 1.165) is 13.1 Å². The van der Waals surface area contributed by atoms with Gasteiger partial charge in [-0.25, -0.2) is 13.1 Å². The predicted octanol–water partition coefficient (Wildman–Crippen LogP) is 2.50. The Morgan fingerprint density at radius 2 is 2.00 bits per heavy atom. The lowest BCUT2D eigenvalue weighted by Gasteiger charge is -2.32. The van der Waals surface area contributed by atoms with E-state index in [4.69, 9.17) is 16.3 Å². The monoisotopic (exact) mass is 346 g/mol. The molecule has 1 N–H and O–H groups in total. The van der Waals surface area contributed by atoms with Crippen molar-refractivity contribution in [1.29, 1.82) is 0 Å². The Kier molecular flexibility index (Phi) is 6.09. The molecule has 1 aliphatic heterocycles. The van der Waals surface area contributed by atoms with Crippen LogP contribution in [-0.2, 0) is 10.0 Å². The number of likely N-dealkylation sites (tertiary alicyclic amines) is 1. The second-order valence-corrected chi connectivity index (χ2v) is 7.77. The minimum Gasteiger partial charge on any atom is -0.495 e. The maximum Gasteiger partial charge on any atom is 0.240 e. The Labute approximate surface area is 137 Å². The molecule has 1 aromatic carbocycles. The topological polar surface area (TPSA) is 58.6 Å². The van der Waals surface area contributed by atoms with E-state index < -0.39 is 10.0 Å². The van der Waals surface area contributed by atoms with Crippen LogP contribution in [0.5, 0.6) is 5.75 Å². The first-order chi connectivity index (χ1) is 10.4. The molecule has 0 saturated carbocycles. The summed E-state index contributed by atoms with van der Waals surface area (Å²) in [5.74, 6) is 0.460. The molecule has 7 heteroatoms. The minimum absolute atomic E-state index is 0.157. The van der Waals surface area contributed by atoms with Crippen molar-refractivity contribution in [3.05, 3.63) is 23.2 Å². The van der Waals surface area contributed by atoms with Crippen molar-refractivity contribution in [2.45, 2.75) is 37.1 Å². The number of ether oxygens (including phenoxy) is 1. The third kappa shape index (κ3) is 4.35. The largest absolute Gasteiger partial charge is 0.495 e. The van der Waals surface area contributed by atoms with Crippen LogP contribution in [0.25, 0.3) is 0 Å². The number of hydrogen-bond donors (Lipinski definition) is 1. The van der Waals surface area contributed by atoms with E-state index in [2.05, 4.69) is 16.5 Å². The van der Waals surface area contributed by atoms with Crippen LogP contribution in [0.4, 0.5) is 0 Å². The van der Waals surface area contributed by atoms with E-state index in [1.165, 1.54) is 38.5 Å². The lowest BCUT2D eigenvalue weighted by molar-refractivity contribution is 0.175.